The van der Waals surface area contributed by atoms with Crippen LogP contribution in [0.5, 0.6) is 0 Å². The van der Waals surface area contributed by atoms with Gasteiger partial charge in [-0.25, -0.2) is 0 Å². The highest BCUT2D eigenvalue weighted by atomic mass is 16.2. The molecule has 2 N–H and O–H groups in total. The molecule has 5 heteroatoms. The van der Waals surface area contributed by atoms with Gasteiger partial charge in [0.05, 0.1) is 17.2 Å². The molecule has 0 bridgehead atoms. The van der Waals surface area contributed by atoms with Crippen molar-refractivity contribution < 1.29 is 9.59 Å². The quantitative estimate of drug-likeness (QED) is 0.707. The molecule has 152 valence electrons. The van der Waals surface area contributed by atoms with Gasteiger partial charge in [0.15, 0.2) is 0 Å². The van der Waals surface area contributed by atoms with E-state index in [0.717, 1.165) is 32.5 Å². The topological polar surface area (TPSA) is 61.4 Å². The molecule has 0 spiro atoms. The molecular weight excluding hydrogens is 362 g/mol. The molecule has 1 aliphatic rings. The Morgan fingerprint density at radius 1 is 1.17 bits per heavy atom. The van der Waals surface area contributed by atoms with Crippen molar-refractivity contribution in [3.05, 3.63) is 77.9 Å². The molecule has 0 aromatic heterocycles. The molecule has 0 radical (unpaired) electrons. The van der Waals surface area contributed by atoms with E-state index in [-0.39, 0.29) is 17.7 Å². The van der Waals surface area contributed by atoms with Crippen molar-refractivity contribution >= 4 is 17.5 Å². The van der Waals surface area contributed by atoms with Crippen molar-refractivity contribution in [2.45, 2.75) is 26.3 Å². The maximum absolute atomic E-state index is 12.9. The first-order chi connectivity index (χ1) is 14.1. The van der Waals surface area contributed by atoms with Gasteiger partial charge in [-0.2, -0.15) is 0 Å². The number of hydrogen-bond acceptors (Lipinski definition) is 3. The standard InChI is InChI=1S/C24H29N3O2/c1-3-14-25-24(29)21-12-6-7-13-22(21)26-23(28)20-11-8-15-27(17-20)16-19-10-5-4-9-18(19)2/h3-7,9-10,12-13,20H,1,8,11,14-17H2,2H3,(H,25,29)(H,26,28). The zero-order valence-corrected chi connectivity index (χ0v) is 17.0. The SMILES string of the molecule is C=CCNC(=O)c1ccccc1NC(=O)C1CCCN(Cc2ccccc2C)C1. The molecule has 1 aliphatic heterocycles. The van der Waals surface area contributed by atoms with Gasteiger partial charge in [-0.15, -0.1) is 6.58 Å². The number of amides is 2. The van der Waals surface area contributed by atoms with Gasteiger partial charge in [0.25, 0.3) is 5.91 Å². The van der Waals surface area contributed by atoms with Crippen LogP contribution in [0, 0.1) is 12.8 Å². The molecule has 3 rings (SSSR count). The maximum Gasteiger partial charge on any atom is 0.253 e. The summed E-state index contributed by atoms with van der Waals surface area (Å²) in [6.07, 6.45) is 3.48. The first-order valence-corrected chi connectivity index (χ1v) is 10.1. The van der Waals surface area contributed by atoms with Crippen LogP contribution < -0.4 is 10.6 Å². The number of hydrogen-bond donors (Lipinski definition) is 2. The normalized spacial score (nSPS) is 16.8. The average molecular weight is 392 g/mol. The second-order valence-corrected chi connectivity index (χ2v) is 7.53. The summed E-state index contributed by atoms with van der Waals surface area (Å²) < 4.78 is 0. The molecule has 1 fully saturated rings. The van der Waals surface area contributed by atoms with Crippen LogP contribution >= 0.6 is 0 Å². The Labute approximate surface area is 172 Å². The van der Waals surface area contributed by atoms with E-state index in [1.54, 1.807) is 24.3 Å². The lowest BCUT2D eigenvalue weighted by Gasteiger charge is -2.32. The fourth-order valence-corrected chi connectivity index (χ4v) is 3.73. The molecule has 1 saturated heterocycles. The Kier molecular flexibility index (Phi) is 7.19. The predicted molar refractivity (Wildman–Crippen MR) is 117 cm³/mol. The van der Waals surface area contributed by atoms with E-state index in [2.05, 4.69) is 47.2 Å². The van der Waals surface area contributed by atoms with E-state index >= 15 is 0 Å². The van der Waals surface area contributed by atoms with Crippen LogP contribution in [-0.4, -0.2) is 36.3 Å². The zero-order chi connectivity index (χ0) is 20.6. The summed E-state index contributed by atoms with van der Waals surface area (Å²) in [7, 11) is 0. The lowest BCUT2D eigenvalue weighted by Crippen LogP contribution is -2.40. The van der Waals surface area contributed by atoms with Crippen molar-refractivity contribution in [1.82, 2.24) is 10.2 Å². The molecule has 5 nitrogen and oxygen atoms in total. The third-order valence-corrected chi connectivity index (χ3v) is 5.37. The molecule has 29 heavy (non-hydrogen) atoms. The van der Waals surface area contributed by atoms with Crippen LogP contribution in [0.15, 0.2) is 61.2 Å². The van der Waals surface area contributed by atoms with Crippen molar-refractivity contribution in [3.63, 3.8) is 0 Å². The van der Waals surface area contributed by atoms with Gasteiger partial charge < -0.3 is 10.6 Å². The molecule has 1 atom stereocenters. The molecule has 1 unspecified atom stereocenters. The highest BCUT2D eigenvalue weighted by Crippen LogP contribution is 2.23. The minimum absolute atomic E-state index is 0.0246. The van der Waals surface area contributed by atoms with Crippen molar-refractivity contribution in [2.24, 2.45) is 5.92 Å². The lowest BCUT2D eigenvalue weighted by molar-refractivity contribution is -0.121. The van der Waals surface area contributed by atoms with E-state index in [9.17, 15) is 9.59 Å². The van der Waals surface area contributed by atoms with Crippen LogP contribution in [0.1, 0.15) is 34.3 Å². The van der Waals surface area contributed by atoms with Gasteiger partial charge in [0, 0.05) is 19.6 Å². The maximum atomic E-state index is 12.9. The third-order valence-electron chi connectivity index (χ3n) is 5.37. The number of carbonyl (C=O) groups excluding carboxylic acids is 2. The second kappa shape index (κ2) is 10.0. The van der Waals surface area contributed by atoms with Gasteiger partial charge in [-0.1, -0.05) is 42.5 Å². The second-order valence-electron chi connectivity index (χ2n) is 7.53. The number of nitrogens with one attached hydrogen (secondary N) is 2. The van der Waals surface area contributed by atoms with Crippen molar-refractivity contribution in [2.75, 3.05) is 25.0 Å². The summed E-state index contributed by atoms with van der Waals surface area (Å²) in [5, 5.41) is 5.75. The lowest BCUT2D eigenvalue weighted by atomic mass is 9.96. The molecule has 2 aromatic rings. The molecule has 2 amide bonds. The fourth-order valence-electron chi connectivity index (χ4n) is 3.73. The van der Waals surface area contributed by atoms with E-state index in [1.165, 1.54) is 11.1 Å². The number of piperidine rings is 1. The Balaban J connectivity index is 1.64. The van der Waals surface area contributed by atoms with Crippen molar-refractivity contribution in [3.8, 4) is 0 Å². The Hall–Kier alpha value is -2.92. The number of anilines is 1. The van der Waals surface area contributed by atoms with Crippen LogP contribution in [-0.2, 0) is 11.3 Å². The molecule has 0 saturated carbocycles. The molecule has 0 aliphatic carbocycles. The predicted octanol–water partition coefficient (Wildman–Crippen LogP) is 3.76. The smallest absolute Gasteiger partial charge is 0.253 e. The monoisotopic (exact) mass is 391 g/mol. The van der Waals surface area contributed by atoms with Gasteiger partial charge in [0.1, 0.15) is 0 Å². The fraction of sp³-hybridized carbons (Fsp3) is 0.333. The number of carbonyl (C=O) groups is 2. The number of benzene rings is 2. The highest BCUT2D eigenvalue weighted by Gasteiger charge is 2.27. The Morgan fingerprint density at radius 2 is 1.93 bits per heavy atom. The minimum atomic E-state index is -0.217. The van der Waals surface area contributed by atoms with Gasteiger partial charge >= 0.3 is 0 Å². The average Bonchev–Trinajstić information content (AvgIpc) is 2.74. The van der Waals surface area contributed by atoms with Crippen LogP contribution in [0.25, 0.3) is 0 Å². The van der Waals surface area contributed by atoms with E-state index in [0.29, 0.717) is 17.8 Å². The Morgan fingerprint density at radius 3 is 2.72 bits per heavy atom. The summed E-state index contributed by atoms with van der Waals surface area (Å²) >= 11 is 0. The van der Waals surface area contributed by atoms with Gasteiger partial charge in [-0.05, 0) is 49.6 Å². The number of aryl methyl sites for hydroxylation is 1. The van der Waals surface area contributed by atoms with Crippen LogP contribution in [0.4, 0.5) is 5.69 Å². The van der Waals surface area contributed by atoms with Gasteiger partial charge in [0.2, 0.25) is 5.91 Å². The summed E-state index contributed by atoms with van der Waals surface area (Å²) in [5.41, 5.74) is 3.60. The van der Waals surface area contributed by atoms with E-state index < -0.39 is 0 Å². The molecule has 2 aromatic carbocycles. The molecule has 1 heterocycles. The van der Waals surface area contributed by atoms with Crippen molar-refractivity contribution in [1.29, 1.82) is 0 Å². The first-order valence-electron chi connectivity index (χ1n) is 10.1. The highest BCUT2D eigenvalue weighted by molar-refractivity contribution is 6.04. The number of rotatable bonds is 7. The van der Waals surface area contributed by atoms with Gasteiger partial charge in [-0.3, -0.25) is 14.5 Å². The first kappa shape index (κ1) is 20.8. The summed E-state index contributed by atoms with van der Waals surface area (Å²) in [6, 6.07) is 15.5. The van der Waals surface area contributed by atoms with E-state index in [4.69, 9.17) is 0 Å². The molecular formula is C24H29N3O2. The summed E-state index contributed by atoms with van der Waals surface area (Å²) in [4.78, 5) is 27.6. The van der Waals surface area contributed by atoms with Crippen LogP contribution in [0.3, 0.4) is 0 Å². The third kappa shape index (κ3) is 5.55. The zero-order valence-electron chi connectivity index (χ0n) is 17.0. The summed E-state index contributed by atoms with van der Waals surface area (Å²) in [5.74, 6) is -0.328. The largest absolute Gasteiger partial charge is 0.349 e. The number of likely N-dealkylation sites (tertiary alicyclic amines) is 1. The summed E-state index contributed by atoms with van der Waals surface area (Å²) in [6.45, 7) is 8.70. The minimum Gasteiger partial charge on any atom is -0.349 e. The number of nitrogens with zero attached hydrogens (tertiary/aromatic N) is 1. The van der Waals surface area contributed by atoms with E-state index in [1.807, 2.05) is 12.1 Å². The Bertz CT molecular complexity index is 878. The number of para-hydroxylation sites is 1. The van der Waals surface area contributed by atoms with Crippen LogP contribution in [0.2, 0.25) is 0 Å².